The van der Waals surface area contributed by atoms with Crippen molar-refractivity contribution < 1.29 is 17.9 Å². The number of rotatable bonds is 3. The summed E-state index contributed by atoms with van der Waals surface area (Å²) in [5.41, 5.74) is 2.46. The predicted octanol–water partition coefficient (Wildman–Crippen LogP) is 4.13. The molecule has 0 aromatic heterocycles. The molecule has 1 N–H and O–H groups in total. The maximum Gasteiger partial charge on any atom is 0.259 e. The second-order valence-electron chi connectivity index (χ2n) is 8.53. The van der Waals surface area contributed by atoms with E-state index in [1.807, 2.05) is 25.1 Å². The summed E-state index contributed by atoms with van der Waals surface area (Å²) in [7, 11) is -3.72. The first-order valence-electron chi connectivity index (χ1n) is 11.0. The van der Waals surface area contributed by atoms with Crippen LogP contribution in [0.25, 0.3) is 0 Å². The number of anilines is 2. The van der Waals surface area contributed by atoms with E-state index in [9.17, 15) is 13.2 Å². The fraction of sp³-hybridized carbons (Fsp3) is 0.435. The van der Waals surface area contributed by atoms with E-state index >= 15 is 0 Å². The number of nitrogens with zero attached hydrogens (tertiary/aromatic N) is 2. The lowest BCUT2D eigenvalue weighted by molar-refractivity contribution is 0.102. The van der Waals surface area contributed by atoms with Crippen LogP contribution in [-0.2, 0) is 10.0 Å². The van der Waals surface area contributed by atoms with Gasteiger partial charge in [0, 0.05) is 32.2 Å². The molecule has 3 heterocycles. The van der Waals surface area contributed by atoms with Crippen LogP contribution >= 0.6 is 0 Å². The lowest BCUT2D eigenvalue weighted by atomic mass is 10.1. The molecule has 2 aromatic carbocycles. The Hall–Kier alpha value is -2.58. The second kappa shape index (κ2) is 7.84. The zero-order chi connectivity index (χ0) is 21.6. The first-order valence-corrected chi connectivity index (χ1v) is 12.4. The molecule has 164 valence electrons. The van der Waals surface area contributed by atoms with E-state index in [-0.39, 0.29) is 16.4 Å². The summed E-state index contributed by atoms with van der Waals surface area (Å²) in [5.74, 6) is 0.582. The maximum absolute atomic E-state index is 13.6. The molecule has 2 saturated heterocycles. The van der Waals surface area contributed by atoms with Crippen LogP contribution in [0.4, 0.5) is 11.4 Å². The molecule has 7 nitrogen and oxygen atoms in total. The number of hydrogen-bond acceptors (Lipinski definition) is 5. The van der Waals surface area contributed by atoms with Crippen molar-refractivity contribution in [1.29, 1.82) is 0 Å². The number of carbonyl (C=O) groups excluding carboxylic acids is 1. The quantitative estimate of drug-likeness (QED) is 0.775. The highest BCUT2D eigenvalue weighted by atomic mass is 32.2. The van der Waals surface area contributed by atoms with Crippen molar-refractivity contribution in [2.75, 3.05) is 36.4 Å². The van der Waals surface area contributed by atoms with E-state index < -0.39 is 10.0 Å². The number of nitrogens with one attached hydrogen (secondary N) is 1. The van der Waals surface area contributed by atoms with Gasteiger partial charge in [0.1, 0.15) is 10.6 Å². The average molecular weight is 442 g/mol. The topological polar surface area (TPSA) is 79.0 Å². The van der Waals surface area contributed by atoms with E-state index in [1.165, 1.54) is 6.07 Å². The molecular formula is C23H27N3O4S. The monoisotopic (exact) mass is 441 g/mol. The first kappa shape index (κ1) is 20.3. The first-order chi connectivity index (χ1) is 14.9. The van der Waals surface area contributed by atoms with Gasteiger partial charge in [-0.05, 0) is 56.4 Å². The normalized spacial score (nSPS) is 19.3. The lowest BCUT2D eigenvalue weighted by Crippen LogP contribution is -2.36. The molecule has 31 heavy (non-hydrogen) atoms. The van der Waals surface area contributed by atoms with Gasteiger partial charge in [0.2, 0.25) is 10.0 Å². The van der Waals surface area contributed by atoms with Gasteiger partial charge in [-0.25, -0.2) is 8.42 Å². The molecule has 1 amide bonds. The van der Waals surface area contributed by atoms with E-state index in [0.29, 0.717) is 36.0 Å². The maximum atomic E-state index is 13.6. The minimum Gasteiger partial charge on any atom is -0.454 e. The SMILES string of the molecule is Cc1ccc2c(c1)NC(=O)c1cc(S(=O)(=O)N3CCCCC3)c(N3CCCC3)cc1O2. The van der Waals surface area contributed by atoms with Gasteiger partial charge in [-0.2, -0.15) is 4.31 Å². The van der Waals surface area contributed by atoms with Gasteiger partial charge in [0.05, 0.1) is 16.9 Å². The van der Waals surface area contributed by atoms with Crippen molar-refractivity contribution in [3.05, 3.63) is 41.5 Å². The Bertz CT molecular complexity index is 1130. The third-order valence-corrected chi connectivity index (χ3v) is 8.22. The molecule has 3 aliphatic rings. The van der Waals surface area contributed by atoms with Gasteiger partial charge in [0.15, 0.2) is 5.75 Å². The molecule has 8 heteroatoms. The van der Waals surface area contributed by atoms with Crippen molar-refractivity contribution in [2.24, 2.45) is 0 Å². The van der Waals surface area contributed by atoms with Crippen molar-refractivity contribution in [1.82, 2.24) is 4.31 Å². The summed E-state index contributed by atoms with van der Waals surface area (Å²) in [6.07, 6.45) is 4.81. The number of hydrogen-bond donors (Lipinski definition) is 1. The molecule has 0 bridgehead atoms. The minimum absolute atomic E-state index is 0.205. The van der Waals surface area contributed by atoms with Crippen LogP contribution in [0, 0.1) is 6.92 Å². The molecule has 0 unspecified atom stereocenters. The smallest absolute Gasteiger partial charge is 0.259 e. The second-order valence-corrected chi connectivity index (χ2v) is 10.4. The molecule has 3 aliphatic heterocycles. The van der Waals surface area contributed by atoms with E-state index in [0.717, 1.165) is 50.8 Å². The molecular weight excluding hydrogens is 414 g/mol. The number of ether oxygens (including phenoxy) is 1. The zero-order valence-electron chi connectivity index (χ0n) is 17.7. The van der Waals surface area contributed by atoms with Gasteiger partial charge >= 0.3 is 0 Å². The number of amides is 1. The Labute approximate surface area is 183 Å². The van der Waals surface area contributed by atoms with Crippen molar-refractivity contribution in [3.8, 4) is 11.5 Å². The van der Waals surface area contributed by atoms with Crippen LogP contribution in [0.1, 0.15) is 48.0 Å². The standard InChI is InChI=1S/C23H27N3O4S/c1-16-7-8-20-18(13-16)24-23(27)17-14-22(31(28,29)26-11-3-2-4-12-26)19(15-21(17)30-20)25-9-5-6-10-25/h7-8,13-15H,2-6,9-12H2,1H3,(H,24,27). The van der Waals surface area contributed by atoms with E-state index in [2.05, 4.69) is 10.2 Å². The number of fused-ring (bicyclic) bond motifs is 2. The summed E-state index contributed by atoms with van der Waals surface area (Å²) in [6, 6.07) is 8.86. The summed E-state index contributed by atoms with van der Waals surface area (Å²) in [6.45, 7) is 4.57. The van der Waals surface area contributed by atoms with Crippen molar-refractivity contribution >= 4 is 27.3 Å². The number of sulfonamides is 1. The average Bonchev–Trinajstić information content (AvgIpc) is 3.26. The summed E-state index contributed by atoms with van der Waals surface area (Å²) in [4.78, 5) is 15.4. The highest BCUT2D eigenvalue weighted by molar-refractivity contribution is 7.89. The van der Waals surface area contributed by atoms with Crippen LogP contribution in [0.2, 0.25) is 0 Å². The number of benzene rings is 2. The number of aryl methyl sites for hydroxylation is 1. The van der Waals surface area contributed by atoms with E-state index in [1.54, 1.807) is 10.4 Å². The van der Waals surface area contributed by atoms with Crippen molar-refractivity contribution in [3.63, 3.8) is 0 Å². The fourth-order valence-corrected chi connectivity index (χ4v) is 6.34. The Morgan fingerprint density at radius 1 is 0.903 bits per heavy atom. The predicted molar refractivity (Wildman–Crippen MR) is 120 cm³/mol. The molecule has 0 aliphatic carbocycles. The van der Waals surface area contributed by atoms with E-state index in [4.69, 9.17) is 4.74 Å². The largest absolute Gasteiger partial charge is 0.454 e. The van der Waals surface area contributed by atoms with Crippen molar-refractivity contribution in [2.45, 2.75) is 43.9 Å². The van der Waals surface area contributed by atoms with Crippen LogP contribution in [0.5, 0.6) is 11.5 Å². The van der Waals surface area contributed by atoms with Crippen LogP contribution < -0.4 is 15.0 Å². The third kappa shape index (κ3) is 3.68. The fourth-order valence-electron chi connectivity index (χ4n) is 4.61. The highest BCUT2D eigenvalue weighted by Crippen LogP contribution is 2.42. The molecule has 0 radical (unpaired) electrons. The molecule has 2 aromatic rings. The third-order valence-electron chi connectivity index (χ3n) is 6.29. The van der Waals surface area contributed by atoms with Crippen LogP contribution in [-0.4, -0.2) is 44.8 Å². The minimum atomic E-state index is -3.72. The molecule has 0 spiro atoms. The number of carbonyl (C=O) groups is 1. The summed E-state index contributed by atoms with van der Waals surface area (Å²) < 4.78 is 34.9. The zero-order valence-corrected chi connectivity index (χ0v) is 18.5. The summed E-state index contributed by atoms with van der Waals surface area (Å²) >= 11 is 0. The highest BCUT2D eigenvalue weighted by Gasteiger charge is 2.34. The Kier molecular flexibility index (Phi) is 5.14. The Morgan fingerprint density at radius 3 is 2.35 bits per heavy atom. The van der Waals surface area contributed by atoms with Gasteiger partial charge in [-0.3, -0.25) is 4.79 Å². The van der Waals surface area contributed by atoms with Gasteiger partial charge < -0.3 is 15.0 Å². The summed E-state index contributed by atoms with van der Waals surface area (Å²) in [5, 5.41) is 2.88. The molecule has 0 atom stereocenters. The molecule has 2 fully saturated rings. The Balaban J connectivity index is 1.65. The Morgan fingerprint density at radius 2 is 1.61 bits per heavy atom. The lowest BCUT2D eigenvalue weighted by Gasteiger charge is -2.29. The van der Waals surface area contributed by atoms with Crippen LogP contribution in [0.15, 0.2) is 35.2 Å². The number of piperidine rings is 1. The van der Waals surface area contributed by atoms with Gasteiger partial charge in [-0.15, -0.1) is 0 Å². The molecule has 5 rings (SSSR count). The van der Waals surface area contributed by atoms with Crippen LogP contribution in [0.3, 0.4) is 0 Å². The molecule has 0 saturated carbocycles. The van der Waals surface area contributed by atoms with Gasteiger partial charge in [-0.1, -0.05) is 12.5 Å². The van der Waals surface area contributed by atoms with Gasteiger partial charge in [0.25, 0.3) is 5.91 Å².